The van der Waals surface area contributed by atoms with Gasteiger partial charge in [-0.1, -0.05) is 26.7 Å². The summed E-state index contributed by atoms with van der Waals surface area (Å²) in [5.74, 6) is -0.285. The molecular formula is C18H23NO4. The molecule has 1 amide bonds. The summed E-state index contributed by atoms with van der Waals surface area (Å²) in [5, 5.41) is 2.77. The van der Waals surface area contributed by atoms with E-state index in [1.165, 1.54) is 0 Å². The highest BCUT2D eigenvalue weighted by Crippen LogP contribution is 2.23. The number of ketones is 1. The van der Waals surface area contributed by atoms with Gasteiger partial charge in [0.15, 0.2) is 12.4 Å². The largest absolute Gasteiger partial charge is 0.457 e. The average molecular weight is 317 g/mol. The molecule has 0 spiro atoms. The Labute approximate surface area is 136 Å². The van der Waals surface area contributed by atoms with Gasteiger partial charge in [-0.25, -0.2) is 0 Å². The van der Waals surface area contributed by atoms with Gasteiger partial charge in [0.1, 0.15) is 0 Å². The summed E-state index contributed by atoms with van der Waals surface area (Å²) in [6.07, 6.45) is 3.39. The number of fused-ring (bicyclic) bond motifs is 1. The number of Topliss-reactive ketones (excluding diaryl/α,β-unsaturated/α-hetero) is 1. The molecule has 1 aromatic carbocycles. The van der Waals surface area contributed by atoms with Crippen LogP contribution in [0.15, 0.2) is 18.2 Å². The van der Waals surface area contributed by atoms with E-state index in [0.29, 0.717) is 24.8 Å². The molecular weight excluding hydrogens is 294 g/mol. The van der Waals surface area contributed by atoms with Crippen LogP contribution in [-0.2, 0) is 20.7 Å². The van der Waals surface area contributed by atoms with Crippen LogP contribution in [0.3, 0.4) is 0 Å². The van der Waals surface area contributed by atoms with Crippen molar-refractivity contribution in [3.8, 4) is 0 Å². The van der Waals surface area contributed by atoms with Gasteiger partial charge in [-0.05, 0) is 36.1 Å². The van der Waals surface area contributed by atoms with Gasteiger partial charge in [0.25, 0.3) is 0 Å². The number of hydrogen-bond acceptors (Lipinski definition) is 4. The van der Waals surface area contributed by atoms with Gasteiger partial charge >= 0.3 is 5.97 Å². The van der Waals surface area contributed by atoms with Crippen molar-refractivity contribution in [3.63, 3.8) is 0 Å². The fourth-order valence-electron chi connectivity index (χ4n) is 2.72. The number of anilines is 1. The summed E-state index contributed by atoms with van der Waals surface area (Å²) in [7, 11) is 0. The Morgan fingerprint density at radius 2 is 2.09 bits per heavy atom. The SMILES string of the molecule is CCCC(C)CC(=O)OCC(=O)c1ccc2c(c1)CCC(=O)N2. The summed E-state index contributed by atoms with van der Waals surface area (Å²) in [5.41, 5.74) is 2.20. The molecule has 1 aliphatic rings. The summed E-state index contributed by atoms with van der Waals surface area (Å²) >= 11 is 0. The Morgan fingerprint density at radius 3 is 2.83 bits per heavy atom. The number of carbonyl (C=O) groups is 3. The van der Waals surface area contributed by atoms with Crippen molar-refractivity contribution >= 4 is 23.3 Å². The van der Waals surface area contributed by atoms with Crippen molar-refractivity contribution in [2.75, 3.05) is 11.9 Å². The maximum Gasteiger partial charge on any atom is 0.306 e. The second-order valence-corrected chi connectivity index (χ2v) is 6.10. The number of hydrogen-bond donors (Lipinski definition) is 1. The molecule has 1 aliphatic heterocycles. The topological polar surface area (TPSA) is 72.5 Å². The molecule has 5 nitrogen and oxygen atoms in total. The van der Waals surface area contributed by atoms with E-state index in [1.54, 1.807) is 18.2 Å². The lowest BCUT2D eigenvalue weighted by Crippen LogP contribution is -2.20. The third-order valence-electron chi connectivity index (χ3n) is 3.98. The number of ether oxygens (including phenoxy) is 1. The van der Waals surface area contributed by atoms with Gasteiger partial charge in [-0.2, -0.15) is 0 Å². The summed E-state index contributed by atoms with van der Waals surface area (Å²) in [6.45, 7) is 3.84. The number of amides is 1. The predicted molar refractivity (Wildman–Crippen MR) is 87.4 cm³/mol. The van der Waals surface area contributed by atoms with Gasteiger partial charge in [-0.3, -0.25) is 14.4 Å². The molecule has 1 unspecified atom stereocenters. The zero-order valence-electron chi connectivity index (χ0n) is 13.7. The molecule has 1 aromatic rings. The summed E-state index contributed by atoms with van der Waals surface area (Å²) in [4.78, 5) is 35.2. The first-order valence-electron chi connectivity index (χ1n) is 8.11. The monoisotopic (exact) mass is 317 g/mol. The second-order valence-electron chi connectivity index (χ2n) is 6.10. The number of benzene rings is 1. The quantitative estimate of drug-likeness (QED) is 0.619. The summed E-state index contributed by atoms with van der Waals surface area (Å²) in [6, 6.07) is 5.15. The minimum Gasteiger partial charge on any atom is -0.457 e. The van der Waals surface area contributed by atoms with Crippen LogP contribution in [0, 0.1) is 5.92 Å². The average Bonchev–Trinajstić information content (AvgIpc) is 2.52. The Balaban J connectivity index is 1.89. The highest BCUT2D eigenvalue weighted by molar-refractivity contribution is 6.00. The van der Waals surface area contributed by atoms with Gasteiger partial charge in [0, 0.05) is 24.1 Å². The Morgan fingerprint density at radius 1 is 1.30 bits per heavy atom. The van der Waals surface area contributed by atoms with E-state index >= 15 is 0 Å². The van der Waals surface area contributed by atoms with E-state index in [9.17, 15) is 14.4 Å². The van der Waals surface area contributed by atoms with Crippen LogP contribution in [0.1, 0.15) is 55.5 Å². The van der Waals surface area contributed by atoms with E-state index in [4.69, 9.17) is 4.74 Å². The van der Waals surface area contributed by atoms with Crippen LogP contribution in [0.2, 0.25) is 0 Å². The number of esters is 1. The van der Waals surface area contributed by atoms with E-state index < -0.39 is 0 Å². The Hall–Kier alpha value is -2.17. The minimum atomic E-state index is -0.329. The first-order valence-corrected chi connectivity index (χ1v) is 8.11. The molecule has 0 radical (unpaired) electrons. The van der Waals surface area contributed by atoms with Crippen LogP contribution in [0.5, 0.6) is 0 Å². The fourth-order valence-corrected chi connectivity index (χ4v) is 2.72. The molecule has 1 heterocycles. The molecule has 0 saturated heterocycles. The van der Waals surface area contributed by atoms with Crippen molar-refractivity contribution < 1.29 is 19.1 Å². The maximum atomic E-state index is 12.1. The van der Waals surface area contributed by atoms with Crippen molar-refractivity contribution in [1.82, 2.24) is 0 Å². The van der Waals surface area contributed by atoms with E-state index in [0.717, 1.165) is 24.1 Å². The van der Waals surface area contributed by atoms with Gasteiger partial charge < -0.3 is 10.1 Å². The van der Waals surface area contributed by atoms with Crippen molar-refractivity contribution in [3.05, 3.63) is 29.3 Å². The highest BCUT2D eigenvalue weighted by atomic mass is 16.5. The normalized spacial score (nSPS) is 14.6. The number of rotatable bonds is 7. The lowest BCUT2D eigenvalue weighted by molar-refractivity contribution is -0.143. The van der Waals surface area contributed by atoms with E-state index in [2.05, 4.69) is 12.2 Å². The molecule has 0 aromatic heterocycles. The van der Waals surface area contributed by atoms with Crippen molar-refractivity contribution in [2.45, 2.75) is 46.0 Å². The van der Waals surface area contributed by atoms with Crippen LogP contribution in [-0.4, -0.2) is 24.3 Å². The molecule has 5 heteroatoms. The molecule has 0 saturated carbocycles. The molecule has 0 bridgehead atoms. The second kappa shape index (κ2) is 7.90. The fraction of sp³-hybridized carbons (Fsp3) is 0.500. The Bertz CT molecular complexity index is 609. The zero-order chi connectivity index (χ0) is 16.8. The first kappa shape index (κ1) is 17.2. The van der Waals surface area contributed by atoms with Crippen molar-refractivity contribution in [2.24, 2.45) is 5.92 Å². The lowest BCUT2D eigenvalue weighted by Gasteiger charge is -2.17. The van der Waals surface area contributed by atoms with E-state index in [-0.39, 0.29) is 30.2 Å². The molecule has 124 valence electrons. The standard InChI is InChI=1S/C18H23NO4/c1-3-4-12(2)9-18(22)23-11-16(20)14-5-7-15-13(10-14)6-8-17(21)19-15/h5,7,10,12H,3-4,6,8-9,11H2,1-2H3,(H,19,21). The first-order chi connectivity index (χ1) is 11.0. The van der Waals surface area contributed by atoms with Crippen LogP contribution in [0.4, 0.5) is 5.69 Å². The molecule has 0 fully saturated rings. The maximum absolute atomic E-state index is 12.1. The number of nitrogens with one attached hydrogen (secondary N) is 1. The van der Waals surface area contributed by atoms with Crippen LogP contribution < -0.4 is 5.32 Å². The summed E-state index contributed by atoms with van der Waals surface area (Å²) < 4.78 is 5.08. The van der Waals surface area contributed by atoms with Crippen LogP contribution in [0.25, 0.3) is 0 Å². The minimum absolute atomic E-state index is 0.00768. The van der Waals surface area contributed by atoms with E-state index in [1.807, 2.05) is 6.92 Å². The van der Waals surface area contributed by atoms with Gasteiger partial charge in [0.2, 0.25) is 5.91 Å². The van der Waals surface area contributed by atoms with Gasteiger partial charge in [-0.15, -0.1) is 0 Å². The van der Waals surface area contributed by atoms with Crippen molar-refractivity contribution in [1.29, 1.82) is 0 Å². The molecule has 0 aliphatic carbocycles. The molecule has 23 heavy (non-hydrogen) atoms. The predicted octanol–water partition coefficient (Wildman–Crippen LogP) is 3.12. The third-order valence-corrected chi connectivity index (χ3v) is 3.98. The van der Waals surface area contributed by atoms with Gasteiger partial charge in [0.05, 0.1) is 0 Å². The van der Waals surface area contributed by atoms with Crippen LogP contribution >= 0.6 is 0 Å². The Kier molecular flexibility index (Phi) is 5.90. The number of aryl methyl sites for hydroxylation is 1. The zero-order valence-corrected chi connectivity index (χ0v) is 13.7. The lowest BCUT2D eigenvalue weighted by atomic mass is 9.99. The molecule has 2 rings (SSSR count). The number of carbonyl (C=O) groups excluding carboxylic acids is 3. The smallest absolute Gasteiger partial charge is 0.306 e. The highest BCUT2D eigenvalue weighted by Gasteiger charge is 2.18. The third kappa shape index (κ3) is 4.91. The molecule has 1 N–H and O–H groups in total. The molecule has 1 atom stereocenters.